The average molecular weight is 521 g/mol. The van der Waals surface area contributed by atoms with E-state index < -0.39 is 22.7 Å². The summed E-state index contributed by atoms with van der Waals surface area (Å²) < 4.78 is 26.6. The molecule has 4 heterocycles. The molecular weight excluding hydrogens is 472 g/mol. The Labute approximate surface area is 222 Å². The number of nitrogens with zero attached hydrogens (tertiary/aromatic N) is 2. The first-order chi connectivity index (χ1) is 17.4. The minimum absolute atomic E-state index is 0.354. The third-order valence-electron chi connectivity index (χ3n) is 10.7. The van der Waals surface area contributed by atoms with Crippen LogP contribution in [0.25, 0.3) is 0 Å². The molecule has 0 atom stereocenters. The predicted molar refractivity (Wildman–Crippen MR) is 135 cm³/mol. The van der Waals surface area contributed by atoms with Crippen molar-refractivity contribution in [3.8, 4) is 0 Å². The van der Waals surface area contributed by atoms with Gasteiger partial charge < -0.3 is 18.9 Å². The maximum atomic E-state index is 14.0. The first-order valence-electron chi connectivity index (χ1n) is 14.9. The van der Waals surface area contributed by atoms with Crippen molar-refractivity contribution in [2.45, 2.75) is 151 Å². The molecule has 0 aromatic heterocycles. The Morgan fingerprint density at radius 2 is 0.838 bits per heavy atom. The highest BCUT2D eigenvalue weighted by Crippen LogP contribution is 2.57. The quantitative estimate of drug-likeness (QED) is 0.431. The summed E-state index contributed by atoms with van der Waals surface area (Å²) in [5, 5.41) is 29.7. The first kappa shape index (κ1) is 26.9. The van der Waals surface area contributed by atoms with Gasteiger partial charge in [0.1, 0.15) is 0 Å². The van der Waals surface area contributed by atoms with Gasteiger partial charge in [-0.25, -0.2) is 0 Å². The summed E-state index contributed by atoms with van der Waals surface area (Å²) in [5.41, 5.74) is -2.19. The third-order valence-corrected chi connectivity index (χ3v) is 10.7. The van der Waals surface area contributed by atoms with Crippen LogP contribution < -0.4 is 0 Å². The molecule has 5 spiro atoms. The molecule has 0 unspecified atom stereocenters. The van der Waals surface area contributed by atoms with Gasteiger partial charge in [-0.3, -0.25) is 0 Å². The molecule has 37 heavy (non-hydrogen) atoms. The second-order valence-corrected chi connectivity index (χ2v) is 15.0. The summed E-state index contributed by atoms with van der Waals surface area (Å²) in [4.78, 5) is 0. The lowest BCUT2D eigenvalue weighted by Crippen LogP contribution is -2.72. The number of rotatable bonds is 0. The van der Waals surface area contributed by atoms with Crippen LogP contribution in [-0.2, 0) is 29.4 Å². The van der Waals surface area contributed by atoms with Crippen LogP contribution in [0.5, 0.6) is 0 Å². The fraction of sp³-hybridized carbons (Fsp3) is 1.00. The van der Waals surface area contributed by atoms with E-state index in [-0.39, 0.29) is 16.5 Å². The molecule has 8 heteroatoms. The summed E-state index contributed by atoms with van der Waals surface area (Å²) in [6.45, 7) is 9.93. The van der Waals surface area contributed by atoms with E-state index in [2.05, 4.69) is 0 Å². The first-order valence-corrected chi connectivity index (χ1v) is 14.9. The highest BCUT2D eigenvalue weighted by atomic mass is 16.7. The number of hydrogen-bond donors (Lipinski definition) is 0. The number of hydroxylamine groups is 4. The molecule has 4 saturated heterocycles. The molecule has 4 aliphatic heterocycles. The fourth-order valence-electron chi connectivity index (χ4n) is 9.12. The minimum Gasteiger partial charge on any atom is -0.349 e. The SMILES string of the molecule is CC1(C)CC2(CC(C)(C)N1[O])OCC1(CO2)COC2(CC3(CCCCC3)N([O])C3(CCCCC3)C2)OC1. The van der Waals surface area contributed by atoms with Gasteiger partial charge in [0.25, 0.3) is 0 Å². The van der Waals surface area contributed by atoms with Crippen molar-refractivity contribution in [3.63, 3.8) is 0 Å². The van der Waals surface area contributed by atoms with Gasteiger partial charge in [-0.2, -0.15) is 0 Å². The smallest absolute Gasteiger partial charge is 0.172 e. The van der Waals surface area contributed by atoms with Gasteiger partial charge in [-0.1, -0.05) is 38.5 Å². The van der Waals surface area contributed by atoms with Crippen molar-refractivity contribution in [2.24, 2.45) is 5.41 Å². The molecule has 0 aromatic rings. The van der Waals surface area contributed by atoms with E-state index in [9.17, 15) is 10.4 Å². The Morgan fingerprint density at radius 3 is 1.22 bits per heavy atom. The van der Waals surface area contributed by atoms with Crippen LogP contribution in [0.3, 0.4) is 0 Å². The predicted octanol–water partition coefficient (Wildman–Crippen LogP) is 5.30. The Hall–Kier alpha value is -0.320. The molecule has 8 nitrogen and oxygen atoms in total. The molecule has 2 saturated carbocycles. The maximum Gasteiger partial charge on any atom is 0.172 e. The van der Waals surface area contributed by atoms with Crippen molar-refractivity contribution in [1.82, 2.24) is 10.1 Å². The van der Waals surface area contributed by atoms with E-state index in [0.717, 1.165) is 51.4 Å². The molecule has 6 aliphatic rings. The maximum absolute atomic E-state index is 14.0. The van der Waals surface area contributed by atoms with E-state index in [1.54, 1.807) is 5.06 Å². The van der Waals surface area contributed by atoms with Crippen LogP contribution >= 0.6 is 0 Å². The van der Waals surface area contributed by atoms with Crippen molar-refractivity contribution in [1.29, 1.82) is 0 Å². The molecule has 6 rings (SSSR count). The molecule has 0 N–H and O–H groups in total. The summed E-state index contributed by atoms with van der Waals surface area (Å²) in [6.07, 6.45) is 13.1. The summed E-state index contributed by atoms with van der Waals surface area (Å²) in [5.74, 6) is -1.44. The van der Waals surface area contributed by atoms with Crippen LogP contribution in [0.1, 0.15) is 118 Å². The normalized spacial score (nSPS) is 35.8. The standard InChI is InChI=1S/C29H48N2O6/c1-23(2)15-28(16-24(3,4)30(23)32)34-19-25(20-35-28)21-36-29(37-22-25)17-26(11-7-5-8-12-26)31(33)27(18-29)13-9-6-10-14-27/h5-22H2,1-4H3. The summed E-state index contributed by atoms with van der Waals surface area (Å²) in [7, 11) is 0. The average Bonchev–Trinajstić information content (AvgIpc) is 2.86. The van der Waals surface area contributed by atoms with Crippen LogP contribution in [0.2, 0.25) is 0 Å². The molecule has 0 bridgehead atoms. The van der Waals surface area contributed by atoms with Crippen molar-refractivity contribution >= 4 is 0 Å². The molecule has 0 amide bonds. The highest BCUT2D eigenvalue weighted by molar-refractivity contribution is 5.11. The van der Waals surface area contributed by atoms with Crippen LogP contribution in [0, 0.1) is 5.41 Å². The molecule has 2 radical (unpaired) electrons. The van der Waals surface area contributed by atoms with Crippen LogP contribution in [0.15, 0.2) is 0 Å². The van der Waals surface area contributed by atoms with E-state index in [0.29, 0.717) is 52.1 Å². The lowest BCUT2D eigenvalue weighted by molar-refractivity contribution is -0.428. The zero-order valence-electron chi connectivity index (χ0n) is 23.6. The fourth-order valence-corrected chi connectivity index (χ4v) is 9.12. The van der Waals surface area contributed by atoms with Gasteiger partial charge in [-0.05, 0) is 53.4 Å². The van der Waals surface area contributed by atoms with Crippen LogP contribution in [-0.4, -0.2) is 70.3 Å². The van der Waals surface area contributed by atoms with Crippen molar-refractivity contribution in [2.75, 3.05) is 26.4 Å². The van der Waals surface area contributed by atoms with E-state index in [1.165, 1.54) is 17.9 Å². The van der Waals surface area contributed by atoms with E-state index >= 15 is 0 Å². The highest BCUT2D eigenvalue weighted by Gasteiger charge is 2.64. The van der Waals surface area contributed by atoms with Gasteiger partial charge >= 0.3 is 0 Å². The zero-order valence-corrected chi connectivity index (χ0v) is 23.6. The zero-order chi connectivity index (χ0) is 26.2. The topological polar surface area (TPSA) is 83.2 Å². The Balaban J connectivity index is 1.18. The van der Waals surface area contributed by atoms with Crippen molar-refractivity contribution in [3.05, 3.63) is 0 Å². The monoisotopic (exact) mass is 520 g/mol. The summed E-state index contributed by atoms with van der Waals surface area (Å²) >= 11 is 0. The second kappa shape index (κ2) is 8.84. The van der Waals surface area contributed by atoms with Gasteiger partial charge in [0.05, 0.1) is 42.9 Å². The van der Waals surface area contributed by atoms with E-state index in [1.807, 2.05) is 27.7 Å². The lowest BCUT2D eigenvalue weighted by atomic mass is 9.64. The number of hydrogen-bond acceptors (Lipinski definition) is 6. The Morgan fingerprint density at radius 1 is 0.486 bits per heavy atom. The van der Waals surface area contributed by atoms with E-state index in [4.69, 9.17) is 18.9 Å². The molecule has 2 aliphatic carbocycles. The Kier molecular flexibility index (Phi) is 6.42. The third kappa shape index (κ3) is 4.42. The largest absolute Gasteiger partial charge is 0.349 e. The summed E-state index contributed by atoms with van der Waals surface area (Å²) in [6, 6.07) is 0. The van der Waals surface area contributed by atoms with Crippen molar-refractivity contribution < 1.29 is 29.4 Å². The molecular formula is C29H48N2O6. The van der Waals surface area contributed by atoms with Gasteiger partial charge in [0.2, 0.25) is 0 Å². The Bertz CT molecular complexity index is 794. The van der Waals surface area contributed by atoms with Gasteiger partial charge in [0.15, 0.2) is 11.6 Å². The van der Waals surface area contributed by atoms with Crippen LogP contribution in [0.4, 0.5) is 0 Å². The number of ether oxygens (including phenoxy) is 4. The van der Waals surface area contributed by atoms with Gasteiger partial charge in [0, 0.05) is 36.8 Å². The molecule has 210 valence electrons. The second-order valence-electron chi connectivity index (χ2n) is 15.0. The molecule has 6 fully saturated rings. The lowest BCUT2D eigenvalue weighted by Gasteiger charge is -2.63. The minimum atomic E-state index is -0.750. The molecule has 0 aromatic carbocycles. The van der Waals surface area contributed by atoms with Gasteiger partial charge in [-0.15, -0.1) is 20.5 Å². The number of piperidine rings is 2.